The minimum absolute atomic E-state index is 0.397. The molecule has 94 valence electrons. The van der Waals surface area contributed by atoms with Gasteiger partial charge in [0, 0.05) is 0 Å². The summed E-state index contributed by atoms with van der Waals surface area (Å²) >= 11 is 0. The van der Waals surface area contributed by atoms with E-state index in [0.29, 0.717) is 0 Å². The summed E-state index contributed by atoms with van der Waals surface area (Å²) < 4.78 is 0. The van der Waals surface area contributed by atoms with Crippen molar-refractivity contribution in [3.8, 4) is 0 Å². The molecule has 0 unspecified atom stereocenters. The number of carbonyl (C=O) groups is 2. The average Bonchev–Trinajstić information content (AvgIpc) is 2.42. The standard InChI is InChI=1S/C12H12N2O4/c15-10(8-11(13-17)12(16)14-18)7-6-9-4-2-1-3-5-9/h1-7,17-18H,8H2,(H,14,16). The minimum atomic E-state index is -1.01. The second-order valence-electron chi connectivity index (χ2n) is 3.37. The smallest absolute Gasteiger partial charge is 0.292 e. The molecule has 6 heteroatoms. The van der Waals surface area contributed by atoms with E-state index in [2.05, 4.69) is 5.16 Å². The van der Waals surface area contributed by atoms with Crippen LogP contribution in [-0.2, 0) is 9.59 Å². The summed E-state index contributed by atoms with van der Waals surface area (Å²) in [4.78, 5) is 22.4. The molecule has 1 aromatic carbocycles. The number of ketones is 1. The first-order chi connectivity index (χ1) is 8.67. The fraction of sp³-hybridized carbons (Fsp3) is 0.0833. The van der Waals surface area contributed by atoms with Gasteiger partial charge >= 0.3 is 0 Å². The predicted octanol–water partition coefficient (Wildman–Crippen LogP) is 0.995. The third-order valence-corrected chi connectivity index (χ3v) is 2.09. The molecule has 0 aromatic heterocycles. The first-order valence-electron chi connectivity index (χ1n) is 5.08. The van der Waals surface area contributed by atoms with E-state index in [4.69, 9.17) is 10.4 Å². The molecular formula is C12H12N2O4. The lowest BCUT2D eigenvalue weighted by atomic mass is 10.1. The number of hydroxylamine groups is 1. The zero-order valence-electron chi connectivity index (χ0n) is 9.41. The molecule has 0 aliphatic heterocycles. The van der Waals surface area contributed by atoms with E-state index in [1.54, 1.807) is 6.08 Å². The Hall–Kier alpha value is -2.47. The van der Waals surface area contributed by atoms with Crippen molar-refractivity contribution in [1.82, 2.24) is 5.48 Å². The van der Waals surface area contributed by atoms with Crippen molar-refractivity contribution in [2.75, 3.05) is 0 Å². The quantitative estimate of drug-likeness (QED) is 0.238. The Bertz CT molecular complexity index is 480. The zero-order valence-corrected chi connectivity index (χ0v) is 9.41. The lowest BCUT2D eigenvalue weighted by Crippen LogP contribution is -2.29. The summed E-state index contributed by atoms with van der Waals surface area (Å²) in [6, 6.07) is 9.12. The minimum Gasteiger partial charge on any atom is -0.410 e. The van der Waals surface area contributed by atoms with E-state index in [1.807, 2.05) is 30.3 Å². The van der Waals surface area contributed by atoms with Crippen LogP contribution in [-0.4, -0.2) is 27.8 Å². The van der Waals surface area contributed by atoms with Gasteiger partial charge in [0.25, 0.3) is 5.91 Å². The van der Waals surface area contributed by atoms with Crippen LogP contribution in [0, 0.1) is 0 Å². The highest BCUT2D eigenvalue weighted by Crippen LogP contribution is 2.02. The first kappa shape index (κ1) is 13.6. The maximum atomic E-state index is 11.5. The van der Waals surface area contributed by atoms with Crippen LogP contribution in [0.15, 0.2) is 41.6 Å². The van der Waals surface area contributed by atoms with Gasteiger partial charge < -0.3 is 5.21 Å². The van der Waals surface area contributed by atoms with E-state index < -0.39 is 23.8 Å². The van der Waals surface area contributed by atoms with Gasteiger partial charge in [-0.15, -0.1) is 0 Å². The number of nitrogens with one attached hydrogen (secondary N) is 1. The van der Waals surface area contributed by atoms with Gasteiger partial charge in [-0.05, 0) is 11.6 Å². The normalized spacial score (nSPS) is 11.5. The summed E-state index contributed by atoms with van der Waals surface area (Å²) in [5.74, 6) is -1.44. The van der Waals surface area contributed by atoms with Gasteiger partial charge in [-0.1, -0.05) is 41.6 Å². The van der Waals surface area contributed by atoms with Crippen molar-refractivity contribution >= 4 is 23.5 Å². The summed E-state index contributed by atoms with van der Waals surface area (Å²) in [7, 11) is 0. The van der Waals surface area contributed by atoms with Crippen LogP contribution >= 0.6 is 0 Å². The average molecular weight is 248 g/mol. The van der Waals surface area contributed by atoms with Gasteiger partial charge in [0.05, 0.1) is 6.42 Å². The fourth-order valence-electron chi connectivity index (χ4n) is 1.20. The van der Waals surface area contributed by atoms with Crippen molar-refractivity contribution in [1.29, 1.82) is 0 Å². The largest absolute Gasteiger partial charge is 0.410 e. The second-order valence-corrected chi connectivity index (χ2v) is 3.37. The van der Waals surface area contributed by atoms with Crippen molar-refractivity contribution in [3.63, 3.8) is 0 Å². The lowest BCUT2D eigenvalue weighted by molar-refractivity contribution is -0.123. The van der Waals surface area contributed by atoms with Crippen LogP contribution in [0.3, 0.4) is 0 Å². The van der Waals surface area contributed by atoms with Gasteiger partial charge in [0.2, 0.25) is 0 Å². The number of hydrogen-bond donors (Lipinski definition) is 3. The molecule has 3 N–H and O–H groups in total. The van der Waals surface area contributed by atoms with Crippen molar-refractivity contribution < 1.29 is 20.0 Å². The van der Waals surface area contributed by atoms with Gasteiger partial charge in [-0.2, -0.15) is 0 Å². The number of oxime groups is 1. The van der Waals surface area contributed by atoms with Crippen molar-refractivity contribution in [2.45, 2.75) is 6.42 Å². The summed E-state index contributed by atoms with van der Waals surface area (Å²) in [5.41, 5.74) is 1.66. The molecule has 0 heterocycles. The van der Waals surface area contributed by atoms with Gasteiger partial charge in [0.1, 0.15) is 0 Å². The molecule has 0 radical (unpaired) electrons. The van der Waals surface area contributed by atoms with Crippen LogP contribution in [0.2, 0.25) is 0 Å². The number of carbonyl (C=O) groups excluding carboxylic acids is 2. The predicted molar refractivity (Wildman–Crippen MR) is 64.3 cm³/mol. The van der Waals surface area contributed by atoms with Crippen LogP contribution in [0.5, 0.6) is 0 Å². The fourth-order valence-corrected chi connectivity index (χ4v) is 1.20. The number of hydrogen-bond acceptors (Lipinski definition) is 5. The highest BCUT2D eigenvalue weighted by Gasteiger charge is 2.14. The number of rotatable bonds is 5. The van der Waals surface area contributed by atoms with E-state index in [-0.39, 0.29) is 0 Å². The van der Waals surface area contributed by atoms with Gasteiger partial charge in [-0.25, -0.2) is 5.48 Å². The van der Waals surface area contributed by atoms with Crippen LogP contribution in [0.1, 0.15) is 12.0 Å². The molecule has 1 rings (SSSR count). The third-order valence-electron chi connectivity index (χ3n) is 2.09. The molecule has 18 heavy (non-hydrogen) atoms. The molecule has 0 aliphatic rings. The molecule has 0 bridgehead atoms. The maximum absolute atomic E-state index is 11.5. The molecule has 0 atom stereocenters. The van der Waals surface area contributed by atoms with Crippen LogP contribution < -0.4 is 5.48 Å². The molecule has 1 amide bonds. The van der Waals surface area contributed by atoms with Crippen molar-refractivity contribution in [3.05, 3.63) is 42.0 Å². The molecule has 0 saturated carbocycles. The molecule has 0 aliphatic carbocycles. The second kappa shape index (κ2) is 6.97. The number of amides is 1. The Balaban J connectivity index is 2.62. The highest BCUT2D eigenvalue weighted by molar-refractivity contribution is 6.42. The number of benzene rings is 1. The molecule has 6 nitrogen and oxygen atoms in total. The van der Waals surface area contributed by atoms with E-state index in [1.165, 1.54) is 11.6 Å². The molecular weight excluding hydrogens is 236 g/mol. The lowest BCUT2D eigenvalue weighted by Gasteiger charge is -1.98. The monoisotopic (exact) mass is 248 g/mol. The maximum Gasteiger partial charge on any atom is 0.292 e. The van der Waals surface area contributed by atoms with Gasteiger partial charge in [0.15, 0.2) is 11.5 Å². The first-order valence-corrected chi connectivity index (χ1v) is 5.08. The van der Waals surface area contributed by atoms with E-state index in [0.717, 1.165) is 5.56 Å². The Kier molecular flexibility index (Phi) is 5.27. The SMILES string of the molecule is O=C(C=Cc1ccccc1)CC(=NO)C(=O)NO. The van der Waals surface area contributed by atoms with Crippen LogP contribution in [0.25, 0.3) is 6.08 Å². The van der Waals surface area contributed by atoms with E-state index >= 15 is 0 Å². The molecule has 1 aromatic rings. The Morgan fingerprint density at radius 3 is 2.50 bits per heavy atom. The molecule has 0 fully saturated rings. The van der Waals surface area contributed by atoms with Crippen molar-refractivity contribution in [2.24, 2.45) is 5.16 Å². The molecule has 0 spiro atoms. The summed E-state index contributed by atoms with van der Waals surface area (Å²) in [5, 5.41) is 19.5. The Labute approximate surface area is 103 Å². The Morgan fingerprint density at radius 1 is 1.28 bits per heavy atom. The highest BCUT2D eigenvalue weighted by atomic mass is 16.5. The Morgan fingerprint density at radius 2 is 1.94 bits per heavy atom. The van der Waals surface area contributed by atoms with Gasteiger partial charge in [-0.3, -0.25) is 14.8 Å². The molecule has 0 saturated heterocycles. The van der Waals surface area contributed by atoms with E-state index in [9.17, 15) is 9.59 Å². The number of allylic oxidation sites excluding steroid dienone is 1. The zero-order chi connectivity index (χ0) is 13.4. The topological polar surface area (TPSA) is 99.0 Å². The van der Waals surface area contributed by atoms with Crippen LogP contribution in [0.4, 0.5) is 0 Å². The number of nitrogens with zero attached hydrogens (tertiary/aromatic N) is 1. The third kappa shape index (κ3) is 4.18. The summed E-state index contributed by atoms with van der Waals surface area (Å²) in [6.45, 7) is 0. The summed E-state index contributed by atoms with van der Waals surface area (Å²) in [6.07, 6.45) is 2.45.